The van der Waals surface area contributed by atoms with Crippen LogP contribution in [0.3, 0.4) is 0 Å². The van der Waals surface area contributed by atoms with Crippen LogP contribution in [-0.2, 0) is 33.3 Å². The molecule has 7 atom stereocenters. The molecule has 0 spiro atoms. The van der Waals surface area contributed by atoms with Gasteiger partial charge in [0.05, 0.1) is 25.4 Å². The molecule has 1 aliphatic carbocycles. The van der Waals surface area contributed by atoms with E-state index in [-0.39, 0.29) is 48.4 Å². The van der Waals surface area contributed by atoms with E-state index in [4.69, 9.17) is 18.9 Å². The highest BCUT2D eigenvalue weighted by molar-refractivity contribution is 5.78. The lowest BCUT2D eigenvalue weighted by atomic mass is 9.87. The Hall–Kier alpha value is -1.32. The molecule has 0 aromatic rings. The predicted octanol–water partition coefficient (Wildman–Crippen LogP) is 5.64. The van der Waals surface area contributed by atoms with Gasteiger partial charge in [-0.2, -0.15) is 0 Å². The van der Waals surface area contributed by atoms with E-state index in [1.54, 1.807) is 0 Å². The normalized spacial score (nSPS) is 30.4. The minimum Gasteiger partial charge on any atom is -0.469 e. The molecule has 0 aromatic carbocycles. The molecule has 8 heteroatoms. The standard InChI is InChI=1S/C31H52O8/c1-3-4-5-13-24(38-30-15-8-10-19-36-30)17-18-25-26(21-23(32)12-6-7-14-29(34)35-2)27(33)22-28(25)39-31-16-9-11-20-37-31/h17-18,24-28,30-31,33H,3-16,19-22H2,1-2H3/b18-17+/t24-,25+,26+,27-,28+,30?,31?/m0/s1. The first kappa shape index (κ1) is 32.2. The first-order valence-electron chi connectivity index (χ1n) is 15.5. The van der Waals surface area contributed by atoms with Crippen LogP contribution in [0.1, 0.15) is 110 Å². The van der Waals surface area contributed by atoms with Crippen LogP contribution in [-0.4, -0.2) is 68.1 Å². The SMILES string of the molecule is CCCCC[C@@H](/C=C/[C@@H]1[C@@H](CC(=O)CCCCC(=O)OC)[C@@H](O)C[C@H]1OC1CCCCO1)OC1CCCCO1. The van der Waals surface area contributed by atoms with Gasteiger partial charge in [0, 0.05) is 50.7 Å². The molecule has 0 bridgehead atoms. The van der Waals surface area contributed by atoms with Crippen molar-refractivity contribution in [1.29, 1.82) is 0 Å². The Morgan fingerprint density at radius 2 is 1.69 bits per heavy atom. The maximum absolute atomic E-state index is 12.9. The summed E-state index contributed by atoms with van der Waals surface area (Å²) >= 11 is 0. The van der Waals surface area contributed by atoms with Crippen LogP contribution in [0, 0.1) is 11.8 Å². The Bertz CT molecular complexity index is 728. The summed E-state index contributed by atoms with van der Waals surface area (Å²) in [5.74, 6) is -0.458. The smallest absolute Gasteiger partial charge is 0.305 e. The lowest BCUT2D eigenvalue weighted by Gasteiger charge is -2.30. The number of ether oxygens (including phenoxy) is 5. The maximum atomic E-state index is 12.9. The summed E-state index contributed by atoms with van der Waals surface area (Å²) in [6, 6.07) is 0. The number of esters is 1. The van der Waals surface area contributed by atoms with Crippen LogP contribution in [0.2, 0.25) is 0 Å². The number of Topliss-reactive ketones (excluding diaryl/α,β-unsaturated/α-hetero) is 1. The average Bonchev–Trinajstić information content (AvgIpc) is 3.23. The summed E-state index contributed by atoms with van der Waals surface area (Å²) in [6.45, 7) is 3.64. The number of rotatable bonds is 17. The summed E-state index contributed by atoms with van der Waals surface area (Å²) in [7, 11) is 1.38. The number of carbonyl (C=O) groups is 2. The molecule has 1 saturated carbocycles. The molecular weight excluding hydrogens is 500 g/mol. The van der Waals surface area contributed by atoms with Gasteiger partial charge in [-0.3, -0.25) is 9.59 Å². The molecule has 1 N–H and O–H groups in total. The fourth-order valence-electron chi connectivity index (χ4n) is 5.93. The largest absolute Gasteiger partial charge is 0.469 e. The van der Waals surface area contributed by atoms with E-state index in [0.717, 1.165) is 70.8 Å². The van der Waals surface area contributed by atoms with Gasteiger partial charge in [0.1, 0.15) is 5.78 Å². The average molecular weight is 553 g/mol. The first-order chi connectivity index (χ1) is 19.0. The number of methoxy groups -OCH3 is 1. The third-order valence-corrected chi connectivity index (χ3v) is 8.24. The first-order valence-corrected chi connectivity index (χ1v) is 15.5. The Morgan fingerprint density at radius 1 is 0.974 bits per heavy atom. The lowest BCUT2D eigenvalue weighted by molar-refractivity contribution is -0.193. The molecule has 0 aromatic heterocycles. The fourth-order valence-corrected chi connectivity index (χ4v) is 5.93. The van der Waals surface area contributed by atoms with Gasteiger partial charge in [-0.1, -0.05) is 38.3 Å². The molecule has 3 rings (SSSR count). The van der Waals surface area contributed by atoms with Crippen molar-refractivity contribution >= 4 is 11.8 Å². The Labute approximate surface area is 235 Å². The summed E-state index contributed by atoms with van der Waals surface area (Å²) < 4.78 is 29.2. The van der Waals surface area contributed by atoms with Crippen molar-refractivity contribution < 1.29 is 38.4 Å². The number of unbranched alkanes of at least 4 members (excludes halogenated alkanes) is 3. The van der Waals surface area contributed by atoms with Gasteiger partial charge in [0.15, 0.2) is 12.6 Å². The van der Waals surface area contributed by atoms with Gasteiger partial charge >= 0.3 is 5.97 Å². The summed E-state index contributed by atoms with van der Waals surface area (Å²) in [5, 5.41) is 11.1. The van der Waals surface area contributed by atoms with E-state index in [1.165, 1.54) is 7.11 Å². The lowest BCUT2D eigenvalue weighted by Crippen LogP contribution is -2.31. The van der Waals surface area contributed by atoms with Gasteiger partial charge in [0.25, 0.3) is 0 Å². The fraction of sp³-hybridized carbons (Fsp3) is 0.871. The third kappa shape index (κ3) is 11.6. The number of aliphatic hydroxyl groups is 1. The van der Waals surface area contributed by atoms with Crippen molar-refractivity contribution in [2.24, 2.45) is 11.8 Å². The van der Waals surface area contributed by atoms with Crippen molar-refractivity contribution in [2.75, 3.05) is 20.3 Å². The van der Waals surface area contributed by atoms with Gasteiger partial charge in [-0.15, -0.1) is 0 Å². The third-order valence-electron chi connectivity index (χ3n) is 8.24. The molecule has 2 aliphatic heterocycles. The van der Waals surface area contributed by atoms with E-state index in [0.29, 0.717) is 45.1 Å². The predicted molar refractivity (Wildman–Crippen MR) is 148 cm³/mol. The minimum absolute atomic E-state index is 0.0707. The quantitative estimate of drug-likeness (QED) is 0.141. The van der Waals surface area contributed by atoms with E-state index in [9.17, 15) is 14.7 Å². The highest BCUT2D eigenvalue weighted by Crippen LogP contribution is 2.40. The Balaban J connectivity index is 1.66. The highest BCUT2D eigenvalue weighted by Gasteiger charge is 2.44. The molecule has 3 fully saturated rings. The minimum atomic E-state index is -0.617. The second-order valence-electron chi connectivity index (χ2n) is 11.4. The topological polar surface area (TPSA) is 101 Å². The molecule has 0 radical (unpaired) electrons. The van der Waals surface area contributed by atoms with Crippen LogP contribution < -0.4 is 0 Å². The van der Waals surface area contributed by atoms with Gasteiger partial charge in [-0.25, -0.2) is 0 Å². The summed E-state index contributed by atoms with van der Waals surface area (Å²) in [6.07, 6.45) is 16.1. The molecule has 2 heterocycles. The van der Waals surface area contributed by atoms with E-state index in [2.05, 4.69) is 23.8 Å². The highest BCUT2D eigenvalue weighted by atomic mass is 16.7. The Kier molecular flexibility index (Phi) is 15.0. The second-order valence-corrected chi connectivity index (χ2v) is 11.4. The number of ketones is 1. The van der Waals surface area contributed by atoms with Crippen LogP contribution in [0.15, 0.2) is 12.2 Å². The van der Waals surface area contributed by atoms with E-state index >= 15 is 0 Å². The summed E-state index contributed by atoms with van der Waals surface area (Å²) in [5.41, 5.74) is 0. The van der Waals surface area contributed by atoms with Crippen LogP contribution >= 0.6 is 0 Å². The molecule has 8 nitrogen and oxygen atoms in total. The molecular formula is C31H52O8. The molecule has 224 valence electrons. The molecule has 39 heavy (non-hydrogen) atoms. The van der Waals surface area contributed by atoms with E-state index < -0.39 is 6.10 Å². The van der Waals surface area contributed by atoms with Gasteiger partial charge < -0.3 is 28.8 Å². The number of aliphatic hydroxyl groups excluding tert-OH is 1. The van der Waals surface area contributed by atoms with Crippen LogP contribution in [0.25, 0.3) is 0 Å². The zero-order valence-corrected chi connectivity index (χ0v) is 24.2. The molecule has 3 aliphatic rings. The monoisotopic (exact) mass is 552 g/mol. The zero-order chi connectivity index (χ0) is 27.9. The molecule has 2 saturated heterocycles. The van der Waals surface area contributed by atoms with Crippen molar-refractivity contribution in [3.63, 3.8) is 0 Å². The summed E-state index contributed by atoms with van der Waals surface area (Å²) in [4.78, 5) is 24.3. The van der Waals surface area contributed by atoms with Crippen molar-refractivity contribution in [3.05, 3.63) is 12.2 Å². The molecule has 2 unspecified atom stereocenters. The molecule has 0 amide bonds. The number of hydrogen-bond donors (Lipinski definition) is 1. The second kappa shape index (κ2) is 18.2. The maximum Gasteiger partial charge on any atom is 0.305 e. The number of hydrogen-bond acceptors (Lipinski definition) is 8. The van der Waals surface area contributed by atoms with Crippen molar-refractivity contribution in [2.45, 2.75) is 141 Å². The van der Waals surface area contributed by atoms with Crippen molar-refractivity contribution in [3.8, 4) is 0 Å². The Morgan fingerprint density at radius 3 is 2.36 bits per heavy atom. The van der Waals surface area contributed by atoms with Gasteiger partial charge in [-0.05, 0) is 57.8 Å². The van der Waals surface area contributed by atoms with Crippen molar-refractivity contribution in [1.82, 2.24) is 0 Å². The van der Waals surface area contributed by atoms with E-state index in [1.807, 2.05) is 0 Å². The van der Waals surface area contributed by atoms with Crippen LogP contribution in [0.5, 0.6) is 0 Å². The zero-order valence-electron chi connectivity index (χ0n) is 24.2. The van der Waals surface area contributed by atoms with Crippen LogP contribution in [0.4, 0.5) is 0 Å². The van der Waals surface area contributed by atoms with Gasteiger partial charge in [0.2, 0.25) is 0 Å². The number of carbonyl (C=O) groups excluding carboxylic acids is 2.